The first-order chi connectivity index (χ1) is 21.7. The number of carbonyl (C=O) groups is 1. The number of carbonyl (C=O) groups excluding carboxylic acids is 1. The number of aromatic amines is 1. The van der Waals surface area contributed by atoms with Gasteiger partial charge in [-0.05, 0) is 37.7 Å². The molecule has 0 bridgehead atoms. The van der Waals surface area contributed by atoms with Gasteiger partial charge in [0.15, 0.2) is 34.8 Å². The summed E-state index contributed by atoms with van der Waals surface area (Å²) in [4.78, 5) is 25.8. The minimum atomic E-state index is -1.31. The highest BCUT2D eigenvalue weighted by atomic mass is 19.2. The fraction of sp³-hybridized carbons (Fsp3) is 0.333. The van der Waals surface area contributed by atoms with Gasteiger partial charge in [-0.2, -0.15) is 0 Å². The molecule has 0 spiro atoms. The van der Waals surface area contributed by atoms with Crippen molar-refractivity contribution in [3.63, 3.8) is 0 Å². The van der Waals surface area contributed by atoms with Crippen molar-refractivity contribution in [3.05, 3.63) is 71.1 Å². The predicted molar refractivity (Wildman–Crippen MR) is 164 cm³/mol. The molecule has 0 saturated heterocycles. The quantitative estimate of drug-likeness (QED) is 0.151. The van der Waals surface area contributed by atoms with Crippen LogP contribution in [0.15, 0.2) is 36.5 Å². The number of fused-ring (bicyclic) bond motifs is 3. The summed E-state index contributed by atoms with van der Waals surface area (Å²) in [7, 11) is 2.37. The average Bonchev–Trinajstić information content (AvgIpc) is 3.46. The zero-order valence-electron chi connectivity index (χ0n) is 25.4. The second kappa shape index (κ2) is 13.5. The first-order valence-electron chi connectivity index (χ1n) is 14.6. The largest absolute Gasteiger partial charge is 0.493 e. The fourth-order valence-electron chi connectivity index (χ4n) is 5.46. The number of ether oxygens (including phenoxy) is 2. The third-order valence-electron chi connectivity index (χ3n) is 7.67. The summed E-state index contributed by atoms with van der Waals surface area (Å²) in [5.74, 6) is 0.758. The Hall–Kier alpha value is -4.76. The van der Waals surface area contributed by atoms with Gasteiger partial charge in [-0.3, -0.25) is 9.80 Å². The van der Waals surface area contributed by atoms with Crippen LogP contribution in [0, 0.1) is 35.1 Å². The normalized spacial score (nSPS) is 12.9. The van der Waals surface area contributed by atoms with Crippen LogP contribution in [0.5, 0.6) is 11.5 Å². The van der Waals surface area contributed by atoms with Gasteiger partial charge in [0, 0.05) is 48.3 Å². The molecule has 12 heteroatoms. The number of aromatic nitrogens is 2. The smallest absolute Gasteiger partial charge is 0.334 e. The van der Waals surface area contributed by atoms with Gasteiger partial charge in [-0.15, -0.1) is 5.92 Å². The molecule has 0 fully saturated rings. The molecule has 3 heterocycles. The Kier molecular flexibility index (Phi) is 9.48. The van der Waals surface area contributed by atoms with Crippen LogP contribution >= 0.6 is 0 Å². The number of pyridine rings is 1. The van der Waals surface area contributed by atoms with Crippen molar-refractivity contribution in [3.8, 4) is 23.3 Å². The molecule has 0 saturated carbocycles. The fourth-order valence-corrected chi connectivity index (χ4v) is 5.46. The molecule has 1 aliphatic heterocycles. The van der Waals surface area contributed by atoms with Crippen LogP contribution in [0.25, 0.3) is 11.0 Å². The highest BCUT2D eigenvalue weighted by Crippen LogP contribution is 2.45. The topological polar surface area (TPSA) is 73.9 Å². The highest BCUT2D eigenvalue weighted by molar-refractivity contribution is 6.15. The number of rotatable bonds is 10. The maximum Gasteiger partial charge on any atom is 0.334 e. The van der Waals surface area contributed by atoms with Crippen molar-refractivity contribution < 1.29 is 31.8 Å². The summed E-state index contributed by atoms with van der Waals surface area (Å²) >= 11 is 0. The molecule has 2 amide bonds. The van der Waals surface area contributed by atoms with Crippen LogP contribution in [0.3, 0.4) is 0 Å². The third kappa shape index (κ3) is 6.00. The molecule has 0 unspecified atom stereocenters. The monoisotopic (exact) mass is 623 g/mol. The average molecular weight is 624 g/mol. The van der Waals surface area contributed by atoms with Crippen LogP contribution in [0.2, 0.25) is 0 Å². The minimum Gasteiger partial charge on any atom is -0.493 e. The highest BCUT2D eigenvalue weighted by Gasteiger charge is 2.40. The van der Waals surface area contributed by atoms with E-state index in [0.717, 1.165) is 48.0 Å². The maximum atomic E-state index is 15.6. The van der Waals surface area contributed by atoms with Crippen LogP contribution in [-0.2, 0) is 13.0 Å². The zero-order valence-corrected chi connectivity index (χ0v) is 25.4. The molecule has 236 valence electrons. The van der Waals surface area contributed by atoms with Gasteiger partial charge in [0.25, 0.3) is 0 Å². The number of hydrogen-bond donors (Lipinski definition) is 1. The van der Waals surface area contributed by atoms with Gasteiger partial charge in [-0.1, -0.05) is 25.8 Å². The molecule has 0 atom stereocenters. The summed E-state index contributed by atoms with van der Waals surface area (Å²) < 4.78 is 71.1. The Morgan fingerprint density at radius 3 is 2.38 bits per heavy atom. The van der Waals surface area contributed by atoms with Crippen molar-refractivity contribution in [2.24, 2.45) is 0 Å². The van der Waals surface area contributed by atoms with Crippen molar-refractivity contribution in [1.29, 1.82) is 0 Å². The van der Waals surface area contributed by atoms with Gasteiger partial charge in [0.05, 0.1) is 32.1 Å². The van der Waals surface area contributed by atoms with Gasteiger partial charge in [0.2, 0.25) is 0 Å². The molecule has 4 aromatic rings. The van der Waals surface area contributed by atoms with E-state index in [4.69, 9.17) is 9.47 Å². The number of benzene rings is 2. The summed E-state index contributed by atoms with van der Waals surface area (Å²) in [6, 6.07) is 5.10. The molecule has 2 aromatic carbocycles. The number of anilines is 3. The molecule has 0 aliphatic carbocycles. The number of nitrogens with one attached hydrogen (secondary N) is 1. The van der Waals surface area contributed by atoms with E-state index in [1.54, 1.807) is 6.07 Å². The third-order valence-corrected chi connectivity index (χ3v) is 7.67. The Bertz CT molecular complexity index is 1770. The van der Waals surface area contributed by atoms with Crippen LogP contribution in [-0.4, -0.2) is 54.8 Å². The standard InChI is InChI=1S/C33H33F4N5O3/c1-5-14-40(6-2)15-9-7-8-11-21-16-22-30-20(18-38-32(22)39-21)19-41(31-28(36)25(44-3)17-26(45-4)29(31)37)33(43)42(30)24-13-10-12-23(34)27(24)35/h10,12-13,16-18H,5-6,9,11,14-15,19H2,1-4H3,(H,38,39). The molecule has 1 aliphatic rings. The SMILES string of the molecule is CCCN(CC)CCC#CCc1cc2c3c(cnc2[nH]1)CN(c1c(F)c(OC)cc(OC)c1F)C(=O)N3c1cccc(F)c1F. The minimum absolute atomic E-state index is 0.204. The lowest BCUT2D eigenvalue weighted by Crippen LogP contribution is -2.46. The molecule has 45 heavy (non-hydrogen) atoms. The summed E-state index contributed by atoms with van der Waals surface area (Å²) in [5, 5.41) is 0.435. The second-order valence-electron chi connectivity index (χ2n) is 10.4. The Morgan fingerprint density at radius 1 is 0.978 bits per heavy atom. The second-order valence-corrected chi connectivity index (χ2v) is 10.4. The first kappa shape index (κ1) is 31.7. The van der Waals surface area contributed by atoms with E-state index in [1.165, 1.54) is 32.5 Å². The van der Waals surface area contributed by atoms with E-state index in [-0.39, 0.29) is 23.7 Å². The number of nitrogens with zero attached hydrogens (tertiary/aromatic N) is 4. The van der Waals surface area contributed by atoms with Crippen LogP contribution < -0.4 is 19.3 Å². The number of hydrogen-bond acceptors (Lipinski definition) is 5. The molecule has 5 rings (SSSR count). The Balaban J connectivity index is 1.59. The van der Waals surface area contributed by atoms with Gasteiger partial charge in [0.1, 0.15) is 11.3 Å². The van der Waals surface area contributed by atoms with Gasteiger partial charge >= 0.3 is 6.03 Å². The van der Waals surface area contributed by atoms with Gasteiger partial charge < -0.3 is 19.4 Å². The van der Waals surface area contributed by atoms with Crippen molar-refractivity contribution in [2.45, 2.75) is 39.7 Å². The van der Waals surface area contributed by atoms with Crippen molar-refractivity contribution in [1.82, 2.24) is 14.9 Å². The molecule has 1 N–H and O–H groups in total. The van der Waals surface area contributed by atoms with Crippen LogP contribution in [0.4, 0.5) is 39.4 Å². The summed E-state index contributed by atoms with van der Waals surface area (Å²) in [6.45, 7) is 6.76. The van der Waals surface area contributed by atoms with E-state index in [0.29, 0.717) is 35.1 Å². The molecular formula is C33H33F4N5O3. The van der Waals surface area contributed by atoms with E-state index in [9.17, 15) is 9.18 Å². The predicted octanol–water partition coefficient (Wildman–Crippen LogP) is 7.08. The first-order valence-corrected chi connectivity index (χ1v) is 14.6. The maximum absolute atomic E-state index is 15.6. The lowest BCUT2D eigenvalue weighted by Gasteiger charge is -2.37. The van der Waals surface area contributed by atoms with Crippen molar-refractivity contribution >= 4 is 34.1 Å². The number of amides is 2. The number of H-pyrrole nitrogens is 1. The lowest BCUT2D eigenvalue weighted by atomic mass is 10.1. The summed E-state index contributed by atoms with van der Waals surface area (Å²) in [6.07, 6.45) is 3.57. The zero-order chi connectivity index (χ0) is 32.2. The number of halogens is 4. The Morgan fingerprint density at radius 2 is 1.71 bits per heavy atom. The van der Waals surface area contributed by atoms with Crippen LogP contribution in [0.1, 0.15) is 37.9 Å². The molecule has 2 aromatic heterocycles. The van der Waals surface area contributed by atoms with E-state index < -0.39 is 40.7 Å². The van der Waals surface area contributed by atoms with Gasteiger partial charge in [-0.25, -0.2) is 27.3 Å². The number of urea groups is 1. The molecular weight excluding hydrogens is 590 g/mol. The Labute approximate surface area is 258 Å². The lowest BCUT2D eigenvalue weighted by molar-refractivity contribution is 0.251. The molecule has 8 nitrogen and oxygen atoms in total. The summed E-state index contributed by atoms with van der Waals surface area (Å²) in [5.41, 5.74) is 0.407. The van der Waals surface area contributed by atoms with Crippen molar-refractivity contribution in [2.75, 3.05) is 43.7 Å². The van der Waals surface area contributed by atoms with E-state index >= 15 is 13.2 Å². The molecule has 0 radical (unpaired) electrons. The van der Waals surface area contributed by atoms with E-state index in [2.05, 4.69) is 40.6 Å². The van der Waals surface area contributed by atoms with E-state index in [1.807, 2.05) is 0 Å². The number of methoxy groups -OCH3 is 2.